The van der Waals surface area contributed by atoms with Crippen molar-refractivity contribution in [3.63, 3.8) is 0 Å². The SMILES string of the molecule is CC(C)(C)Cc1c[nH]c2ccccc12.CC(C)(C)Cc1cnc[nH]1.CC(C)Cc1ccccc1.Cc1ccc(CC(C)C)cc1. The van der Waals surface area contributed by atoms with Crippen molar-refractivity contribution in [1.82, 2.24) is 15.0 Å². The quantitative estimate of drug-likeness (QED) is 0.198. The second kappa shape index (κ2) is 18.4. The van der Waals surface area contributed by atoms with E-state index in [9.17, 15) is 0 Å². The topological polar surface area (TPSA) is 44.5 Å². The molecule has 2 N–H and O–H groups in total. The Morgan fingerprint density at radius 1 is 0.622 bits per heavy atom. The zero-order valence-corrected chi connectivity index (χ0v) is 30.2. The van der Waals surface area contributed by atoms with E-state index in [0.717, 1.165) is 24.7 Å². The van der Waals surface area contributed by atoms with Gasteiger partial charge in [-0.1, -0.05) is 148 Å². The Bertz CT molecular complexity index is 1440. The summed E-state index contributed by atoms with van der Waals surface area (Å²) in [7, 11) is 0. The van der Waals surface area contributed by atoms with Crippen LogP contribution in [0.3, 0.4) is 0 Å². The van der Waals surface area contributed by atoms with E-state index in [0.29, 0.717) is 10.8 Å². The number of para-hydroxylation sites is 1. The number of imidazole rings is 1. The first kappa shape index (κ1) is 37.6. The minimum atomic E-state index is 0.352. The molecule has 5 aromatic rings. The maximum absolute atomic E-state index is 3.95. The van der Waals surface area contributed by atoms with Crippen molar-refractivity contribution in [2.24, 2.45) is 22.7 Å². The summed E-state index contributed by atoms with van der Waals surface area (Å²) in [5, 5.41) is 1.36. The Labute approximate surface area is 275 Å². The van der Waals surface area contributed by atoms with Crippen molar-refractivity contribution in [2.45, 2.75) is 102 Å². The lowest BCUT2D eigenvalue weighted by Crippen LogP contribution is -2.09. The van der Waals surface area contributed by atoms with Gasteiger partial charge in [-0.25, -0.2) is 4.98 Å². The molecule has 0 saturated carbocycles. The van der Waals surface area contributed by atoms with Gasteiger partial charge in [-0.2, -0.15) is 0 Å². The van der Waals surface area contributed by atoms with Gasteiger partial charge in [0.15, 0.2) is 0 Å². The third-order valence-corrected chi connectivity index (χ3v) is 6.92. The lowest BCUT2D eigenvalue weighted by Gasteiger charge is -2.17. The molecule has 0 unspecified atom stereocenters. The largest absolute Gasteiger partial charge is 0.361 e. The highest BCUT2D eigenvalue weighted by molar-refractivity contribution is 5.83. The molecule has 3 heteroatoms. The molecular formula is C42H61N3. The van der Waals surface area contributed by atoms with E-state index in [1.54, 1.807) is 6.33 Å². The van der Waals surface area contributed by atoms with Crippen molar-refractivity contribution in [1.29, 1.82) is 0 Å². The third-order valence-electron chi connectivity index (χ3n) is 6.92. The van der Waals surface area contributed by atoms with E-state index < -0.39 is 0 Å². The monoisotopic (exact) mass is 607 g/mol. The molecule has 0 aliphatic carbocycles. The second-order valence-corrected chi connectivity index (χ2v) is 15.6. The van der Waals surface area contributed by atoms with Gasteiger partial charge in [0.1, 0.15) is 0 Å². The van der Waals surface area contributed by atoms with Crippen molar-refractivity contribution in [3.05, 3.63) is 126 Å². The van der Waals surface area contributed by atoms with Crippen molar-refractivity contribution < 1.29 is 0 Å². The molecule has 0 saturated heterocycles. The van der Waals surface area contributed by atoms with Crippen LogP contribution >= 0.6 is 0 Å². The van der Waals surface area contributed by atoms with Crippen LogP contribution in [0.15, 0.2) is 97.6 Å². The van der Waals surface area contributed by atoms with Gasteiger partial charge in [0, 0.05) is 29.0 Å². The average molecular weight is 608 g/mol. The first-order valence-corrected chi connectivity index (χ1v) is 16.7. The number of aryl methyl sites for hydroxylation is 1. The molecule has 45 heavy (non-hydrogen) atoms. The van der Waals surface area contributed by atoms with Gasteiger partial charge in [-0.3, -0.25) is 0 Å². The zero-order chi connectivity index (χ0) is 33.5. The molecule has 0 bridgehead atoms. The summed E-state index contributed by atoms with van der Waals surface area (Å²) in [5.41, 5.74) is 8.82. The van der Waals surface area contributed by atoms with Gasteiger partial charge in [0.05, 0.1) is 6.33 Å². The number of aromatic nitrogens is 3. The first-order chi connectivity index (χ1) is 21.1. The normalized spacial score (nSPS) is 11.3. The van der Waals surface area contributed by atoms with Crippen LogP contribution in [0.4, 0.5) is 0 Å². The zero-order valence-electron chi connectivity index (χ0n) is 30.2. The van der Waals surface area contributed by atoms with Crippen LogP contribution in [0.25, 0.3) is 10.9 Å². The molecule has 0 amide bonds. The highest BCUT2D eigenvalue weighted by Crippen LogP contribution is 2.26. The van der Waals surface area contributed by atoms with Crippen LogP contribution in [-0.4, -0.2) is 15.0 Å². The molecule has 3 aromatic carbocycles. The van der Waals surface area contributed by atoms with E-state index in [2.05, 4.69) is 176 Å². The molecule has 0 radical (unpaired) electrons. The summed E-state index contributed by atoms with van der Waals surface area (Å²) >= 11 is 0. The van der Waals surface area contributed by atoms with Crippen LogP contribution < -0.4 is 0 Å². The fourth-order valence-corrected chi connectivity index (χ4v) is 5.08. The molecule has 0 aliphatic heterocycles. The third kappa shape index (κ3) is 16.9. The Hall–Kier alpha value is -3.59. The van der Waals surface area contributed by atoms with Crippen LogP contribution in [-0.2, 0) is 25.7 Å². The molecule has 0 spiro atoms. The molecule has 2 heterocycles. The Balaban J connectivity index is 0.000000211. The predicted molar refractivity (Wildman–Crippen MR) is 198 cm³/mol. The Morgan fingerprint density at radius 2 is 1.16 bits per heavy atom. The molecular weight excluding hydrogens is 546 g/mol. The number of rotatable bonds is 6. The summed E-state index contributed by atoms with van der Waals surface area (Å²) in [6.07, 6.45) is 10.3. The number of nitrogens with one attached hydrogen (secondary N) is 2. The number of benzene rings is 3. The summed E-state index contributed by atoms with van der Waals surface area (Å²) in [6.45, 7) is 24.6. The standard InChI is InChI=1S/C13H17N.C11H16.C10H14.C8H14N2/c1-13(2,3)8-10-9-14-12-7-5-4-6-11(10)12;1-9(2)8-11-6-4-10(3)5-7-11;1-9(2)8-10-6-4-3-5-7-10;1-8(2,3)4-7-5-9-6-10-7/h4-7,9,14H,8H2,1-3H3;4-7,9H,8H2,1-3H3;3-7,9H,8H2,1-2H3;5-6H,4H2,1-3H3,(H,9,10). The van der Waals surface area contributed by atoms with Crippen LogP contribution in [0.2, 0.25) is 0 Å². The van der Waals surface area contributed by atoms with Crippen molar-refractivity contribution >= 4 is 10.9 Å². The maximum atomic E-state index is 3.95. The smallest absolute Gasteiger partial charge is 0.0921 e. The van der Waals surface area contributed by atoms with Crippen molar-refractivity contribution in [2.75, 3.05) is 0 Å². The van der Waals surface area contributed by atoms with Gasteiger partial charge in [-0.15, -0.1) is 0 Å². The lowest BCUT2D eigenvalue weighted by atomic mass is 9.88. The van der Waals surface area contributed by atoms with Gasteiger partial charge >= 0.3 is 0 Å². The predicted octanol–water partition coefficient (Wildman–Crippen LogP) is 11.8. The van der Waals surface area contributed by atoms with E-state index in [1.165, 1.54) is 51.7 Å². The van der Waals surface area contributed by atoms with E-state index in [-0.39, 0.29) is 0 Å². The first-order valence-electron chi connectivity index (χ1n) is 16.7. The van der Waals surface area contributed by atoms with Gasteiger partial charge < -0.3 is 9.97 Å². The summed E-state index contributed by atoms with van der Waals surface area (Å²) < 4.78 is 0. The fraction of sp³-hybridized carbons (Fsp3) is 0.452. The van der Waals surface area contributed by atoms with Gasteiger partial charge in [0.25, 0.3) is 0 Å². The molecule has 3 nitrogen and oxygen atoms in total. The van der Waals surface area contributed by atoms with Crippen LogP contribution in [0.1, 0.15) is 97.2 Å². The minimum absolute atomic E-state index is 0.352. The Morgan fingerprint density at radius 3 is 1.67 bits per heavy atom. The molecule has 0 atom stereocenters. The van der Waals surface area contributed by atoms with Gasteiger partial charge in [-0.05, 0) is 78.0 Å². The number of hydrogen-bond acceptors (Lipinski definition) is 1. The number of nitrogens with zero attached hydrogens (tertiary/aromatic N) is 1. The molecule has 0 fully saturated rings. The van der Waals surface area contributed by atoms with Crippen LogP contribution in [0, 0.1) is 29.6 Å². The van der Waals surface area contributed by atoms with E-state index >= 15 is 0 Å². The second-order valence-electron chi connectivity index (χ2n) is 15.6. The minimum Gasteiger partial charge on any atom is -0.361 e. The van der Waals surface area contributed by atoms with Gasteiger partial charge in [0.2, 0.25) is 0 Å². The molecule has 0 aliphatic rings. The summed E-state index contributed by atoms with van der Waals surface area (Å²) in [5.74, 6) is 1.53. The highest BCUT2D eigenvalue weighted by atomic mass is 14.9. The van der Waals surface area contributed by atoms with E-state index in [4.69, 9.17) is 0 Å². The highest BCUT2D eigenvalue weighted by Gasteiger charge is 2.14. The van der Waals surface area contributed by atoms with Crippen LogP contribution in [0.5, 0.6) is 0 Å². The number of hydrogen-bond donors (Lipinski definition) is 2. The lowest BCUT2D eigenvalue weighted by molar-refractivity contribution is 0.407. The molecule has 5 rings (SSSR count). The molecule has 2 aromatic heterocycles. The van der Waals surface area contributed by atoms with Crippen molar-refractivity contribution in [3.8, 4) is 0 Å². The Kier molecular flexibility index (Phi) is 15.4. The number of fused-ring (bicyclic) bond motifs is 1. The molecule has 244 valence electrons. The van der Waals surface area contributed by atoms with E-state index in [1.807, 2.05) is 6.20 Å². The fourth-order valence-electron chi connectivity index (χ4n) is 5.08. The summed E-state index contributed by atoms with van der Waals surface area (Å²) in [4.78, 5) is 10.3. The average Bonchev–Trinajstić information content (AvgIpc) is 3.59. The maximum Gasteiger partial charge on any atom is 0.0921 e. The summed E-state index contributed by atoms with van der Waals surface area (Å²) in [6, 6.07) is 27.9. The number of H-pyrrole nitrogens is 2. The number of aromatic amines is 2.